The highest BCUT2D eigenvalue weighted by Crippen LogP contribution is 2.08. The van der Waals surface area contributed by atoms with Crippen LogP contribution in [0, 0.1) is 11.8 Å². The van der Waals surface area contributed by atoms with Crippen molar-refractivity contribution in [3.05, 3.63) is 0 Å². The minimum absolute atomic E-state index is 0.0305. The van der Waals surface area contributed by atoms with Gasteiger partial charge >= 0.3 is 11.9 Å². The number of aliphatic carboxylic acids is 2. The minimum Gasteiger partial charge on any atom is -0.481 e. The highest BCUT2D eigenvalue weighted by molar-refractivity contribution is 5.92. The van der Waals surface area contributed by atoms with E-state index in [0.29, 0.717) is 6.42 Å². The summed E-state index contributed by atoms with van der Waals surface area (Å²) >= 11 is 0. The van der Waals surface area contributed by atoms with Gasteiger partial charge in [0, 0.05) is 6.42 Å². The first kappa shape index (κ1) is 23.8. The average molecular weight is 373 g/mol. The number of amides is 2. The number of carboxylic acids is 2. The number of hydrogen-bond donors (Lipinski definition) is 5. The van der Waals surface area contributed by atoms with Crippen LogP contribution in [-0.4, -0.2) is 52.1 Å². The van der Waals surface area contributed by atoms with Crippen LogP contribution in [0.25, 0.3) is 0 Å². The maximum atomic E-state index is 12.4. The van der Waals surface area contributed by atoms with Crippen molar-refractivity contribution < 1.29 is 29.4 Å². The molecule has 9 heteroatoms. The number of nitrogens with two attached hydrogens (primary N) is 1. The molecule has 3 atom stereocenters. The van der Waals surface area contributed by atoms with Gasteiger partial charge < -0.3 is 26.6 Å². The van der Waals surface area contributed by atoms with E-state index < -0.39 is 41.9 Å². The second kappa shape index (κ2) is 11.5. The Bertz CT molecular complexity index is 507. The molecule has 0 aromatic heterocycles. The third-order valence-electron chi connectivity index (χ3n) is 3.66. The summed E-state index contributed by atoms with van der Waals surface area (Å²) < 4.78 is 0. The Labute approximate surface area is 153 Å². The standard InChI is InChI=1S/C17H31N3O6/c1-9(2)7-11(18)15(23)19-12(5-6-14(21)22)16(24)20-13(17(25)26)8-10(3)4/h9-13H,5-8,18H2,1-4H3,(H,19,23)(H,20,24)(H,21,22)(H,25,26)/t11-,12-,13-/m0/s1. The number of hydrogen-bond acceptors (Lipinski definition) is 5. The summed E-state index contributed by atoms with van der Waals surface area (Å²) in [5.74, 6) is -3.41. The molecule has 0 fully saturated rings. The van der Waals surface area contributed by atoms with Crippen molar-refractivity contribution in [3.63, 3.8) is 0 Å². The fourth-order valence-electron chi connectivity index (χ4n) is 2.40. The molecule has 0 saturated carbocycles. The number of rotatable bonds is 12. The molecule has 150 valence electrons. The monoisotopic (exact) mass is 373 g/mol. The lowest BCUT2D eigenvalue weighted by Gasteiger charge is -2.23. The van der Waals surface area contributed by atoms with Crippen LogP contribution in [0.15, 0.2) is 0 Å². The van der Waals surface area contributed by atoms with Crippen molar-refractivity contribution >= 4 is 23.8 Å². The van der Waals surface area contributed by atoms with E-state index in [0.717, 1.165) is 0 Å². The molecule has 0 radical (unpaired) electrons. The van der Waals surface area contributed by atoms with Gasteiger partial charge in [-0.25, -0.2) is 4.79 Å². The summed E-state index contributed by atoms with van der Waals surface area (Å²) in [6.07, 6.45) is 0.118. The van der Waals surface area contributed by atoms with Crippen LogP contribution in [0.5, 0.6) is 0 Å². The molecule has 0 unspecified atom stereocenters. The Kier molecular flexibility index (Phi) is 10.5. The summed E-state index contributed by atoms with van der Waals surface area (Å²) in [4.78, 5) is 46.7. The molecule has 0 aliphatic carbocycles. The first-order valence-electron chi connectivity index (χ1n) is 8.74. The van der Waals surface area contributed by atoms with Gasteiger partial charge in [-0.3, -0.25) is 14.4 Å². The molecule has 0 saturated heterocycles. The second-order valence-electron chi connectivity index (χ2n) is 7.26. The highest BCUT2D eigenvalue weighted by atomic mass is 16.4. The Balaban J connectivity index is 5.08. The molecule has 2 amide bonds. The van der Waals surface area contributed by atoms with Gasteiger partial charge in [-0.05, 0) is 31.1 Å². The Morgan fingerprint density at radius 3 is 1.77 bits per heavy atom. The third kappa shape index (κ3) is 9.97. The van der Waals surface area contributed by atoms with Crippen LogP contribution in [0.2, 0.25) is 0 Å². The summed E-state index contributed by atoms with van der Waals surface area (Å²) in [5, 5.41) is 22.9. The lowest BCUT2D eigenvalue weighted by Crippen LogP contribution is -2.54. The first-order chi connectivity index (χ1) is 11.9. The molecule has 0 spiro atoms. The van der Waals surface area contributed by atoms with Gasteiger partial charge in [0.25, 0.3) is 0 Å². The molecular weight excluding hydrogens is 342 g/mol. The van der Waals surface area contributed by atoms with Crippen LogP contribution in [0.1, 0.15) is 53.4 Å². The largest absolute Gasteiger partial charge is 0.481 e. The van der Waals surface area contributed by atoms with E-state index in [2.05, 4.69) is 10.6 Å². The smallest absolute Gasteiger partial charge is 0.326 e. The minimum atomic E-state index is -1.19. The van der Waals surface area contributed by atoms with E-state index >= 15 is 0 Å². The number of carboxylic acid groups (broad SMARTS) is 2. The van der Waals surface area contributed by atoms with Gasteiger partial charge in [-0.1, -0.05) is 27.7 Å². The summed E-state index contributed by atoms with van der Waals surface area (Å²) in [5.41, 5.74) is 5.78. The molecule has 0 bridgehead atoms. The summed E-state index contributed by atoms with van der Waals surface area (Å²) in [6.45, 7) is 7.42. The summed E-state index contributed by atoms with van der Waals surface area (Å²) in [6, 6.07) is -3.11. The van der Waals surface area contributed by atoms with E-state index in [1.807, 2.05) is 27.7 Å². The number of carbonyl (C=O) groups is 4. The van der Waals surface area contributed by atoms with Crippen LogP contribution in [0.3, 0.4) is 0 Å². The van der Waals surface area contributed by atoms with Crippen LogP contribution >= 0.6 is 0 Å². The van der Waals surface area contributed by atoms with Gasteiger partial charge in [0.1, 0.15) is 12.1 Å². The first-order valence-corrected chi connectivity index (χ1v) is 8.74. The lowest BCUT2D eigenvalue weighted by atomic mass is 10.0. The lowest BCUT2D eigenvalue weighted by molar-refractivity contribution is -0.143. The molecule has 0 aromatic rings. The molecule has 6 N–H and O–H groups in total. The van der Waals surface area contributed by atoms with E-state index in [-0.39, 0.29) is 31.1 Å². The number of carbonyl (C=O) groups excluding carboxylic acids is 2. The van der Waals surface area contributed by atoms with Crippen molar-refractivity contribution in [1.82, 2.24) is 10.6 Å². The number of nitrogens with one attached hydrogen (secondary N) is 2. The second-order valence-corrected chi connectivity index (χ2v) is 7.26. The fourth-order valence-corrected chi connectivity index (χ4v) is 2.40. The molecule has 26 heavy (non-hydrogen) atoms. The maximum Gasteiger partial charge on any atom is 0.326 e. The molecule has 0 heterocycles. The van der Waals surface area contributed by atoms with Gasteiger partial charge in [0.05, 0.1) is 6.04 Å². The Hall–Kier alpha value is -2.16. The molecule has 0 aromatic carbocycles. The quantitative estimate of drug-likeness (QED) is 0.329. The zero-order valence-electron chi connectivity index (χ0n) is 15.8. The predicted molar refractivity (Wildman–Crippen MR) is 95.3 cm³/mol. The molecule has 0 aliphatic heterocycles. The van der Waals surface area contributed by atoms with E-state index in [4.69, 9.17) is 10.8 Å². The highest BCUT2D eigenvalue weighted by Gasteiger charge is 2.28. The maximum absolute atomic E-state index is 12.4. The fraction of sp³-hybridized carbons (Fsp3) is 0.765. The van der Waals surface area contributed by atoms with Gasteiger partial charge in [-0.15, -0.1) is 0 Å². The van der Waals surface area contributed by atoms with Crippen LogP contribution < -0.4 is 16.4 Å². The van der Waals surface area contributed by atoms with E-state index in [1.165, 1.54) is 0 Å². The third-order valence-corrected chi connectivity index (χ3v) is 3.66. The molecule has 9 nitrogen and oxygen atoms in total. The van der Waals surface area contributed by atoms with E-state index in [9.17, 15) is 24.3 Å². The molecular formula is C17H31N3O6. The summed E-state index contributed by atoms with van der Waals surface area (Å²) in [7, 11) is 0. The van der Waals surface area contributed by atoms with Gasteiger partial charge in [-0.2, -0.15) is 0 Å². The van der Waals surface area contributed by atoms with Crippen molar-refractivity contribution in [2.75, 3.05) is 0 Å². The van der Waals surface area contributed by atoms with Crippen molar-refractivity contribution in [1.29, 1.82) is 0 Å². The topological polar surface area (TPSA) is 159 Å². The van der Waals surface area contributed by atoms with Crippen molar-refractivity contribution in [2.24, 2.45) is 17.6 Å². The molecule has 0 rings (SSSR count). The van der Waals surface area contributed by atoms with Gasteiger partial charge in [0.15, 0.2) is 0 Å². The Morgan fingerprint density at radius 1 is 0.846 bits per heavy atom. The predicted octanol–water partition coefficient (Wildman–Crippen LogP) is 0.325. The zero-order valence-corrected chi connectivity index (χ0v) is 15.8. The van der Waals surface area contributed by atoms with Crippen LogP contribution in [0.4, 0.5) is 0 Å². The van der Waals surface area contributed by atoms with Gasteiger partial charge in [0.2, 0.25) is 11.8 Å². The SMILES string of the molecule is CC(C)C[C@H](NC(=O)[C@H](CCC(=O)O)NC(=O)[C@@H](N)CC(C)C)C(=O)O. The molecule has 0 aliphatic rings. The zero-order chi connectivity index (χ0) is 20.4. The van der Waals surface area contributed by atoms with Crippen molar-refractivity contribution in [2.45, 2.75) is 71.5 Å². The van der Waals surface area contributed by atoms with Crippen LogP contribution in [-0.2, 0) is 19.2 Å². The average Bonchev–Trinajstić information content (AvgIpc) is 2.48. The normalized spacial score (nSPS) is 14.6. The Morgan fingerprint density at radius 2 is 1.35 bits per heavy atom. The van der Waals surface area contributed by atoms with Crippen molar-refractivity contribution in [3.8, 4) is 0 Å². The van der Waals surface area contributed by atoms with E-state index in [1.54, 1.807) is 0 Å².